The molecule has 0 aromatic heterocycles. The zero-order chi connectivity index (χ0) is 7.23. The van der Waals surface area contributed by atoms with Crippen molar-refractivity contribution in [3.63, 3.8) is 0 Å². The van der Waals surface area contributed by atoms with Crippen molar-refractivity contribution in [2.45, 2.75) is 0 Å². The lowest BCUT2D eigenvalue weighted by Crippen LogP contribution is -1.82. The Kier molecular flexibility index (Phi) is 3.26. The standard InChI is InChI=1S/C8H9ClSi/c9-10-8-6-4-2-1-3-5-7-8/h1-7H,10H2. The van der Waals surface area contributed by atoms with Crippen LogP contribution in [0.25, 0.3) is 0 Å². The molecule has 2 heteroatoms. The smallest absolute Gasteiger partial charge is 0.155 e. The van der Waals surface area contributed by atoms with Gasteiger partial charge < -0.3 is 0 Å². The van der Waals surface area contributed by atoms with Crippen LogP contribution in [0.2, 0.25) is 0 Å². The third-order valence-electron chi connectivity index (χ3n) is 1.22. The first-order valence-corrected chi connectivity index (χ1v) is 6.04. The third-order valence-corrected chi connectivity index (χ3v) is 2.93. The maximum atomic E-state index is 5.77. The van der Waals surface area contributed by atoms with E-state index in [0.29, 0.717) is 0 Å². The first kappa shape index (κ1) is 7.57. The Morgan fingerprint density at radius 3 is 2.50 bits per heavy atom. The minimum absolute atomic E-state index is 0.508. The minimum atomic E-state index is -0.508. The van der Waals surface area contributed by atoms with E-state index < -0.39 is 8.83 Å². The van der Waals surface area contributed by atoms with Gasteiger partial charge in [-0.1, -0.05) is 42.5 Å². The van der Waals surface area contributed by atoms with Gasteiger partial charge in [0, 0.05) is 0 Å². The summed E-state index contributed by atoms with van der Waals surface area (Å²) in [6.07, 6.45) is 14.2. The molecule has 0 amide bonds. The predicted molar refractivity (Wildman–Crippen MR) is 49.9 cm³/mol. The number of rotatable bonds is 1. The van der Waals surface area contributed by atoms with Crippen molar-refractivity contribution in [3.8, 4) is 0 Å². The number of allylic oxidation sites excluding steroid dienone is 8. The van der Waals surface area contributed by atoms with Gasteiger partial charge in [0.15, 0.2) is 8.83 Å². The molecule has 0 bridgehead atoms. The minimum Gasteiger partial charge on any atom is -0.170 e. The fourth-order valence-corrected chi connectivity index (χ4v) is 1.68. The first-order valence-electron chi connectivity index (χ1n) is 3.20. The van der Waals surface area contributed by atoms with Crippen LogP contribution in [0, 0.1) is 0 Å². The zero-order valence-electron chi connectivity index (χ0n) is 5.63. The van der Waals surface area contributed by atoms with Gasteiger partial charge in [0.2, 0.25) is 0 Å². The lowest BCUT2D eigenvalue weighted by atomic mass is 10.3. The van der Waals surface area contributed by atoms with Crippen molar-refractivity contribution >= 4 is 19.9 Å². The van der Waals surface area contributed by atoms with Gasteiger partial charge in [-0.05, 0) is 5.20 Å². The molecule has 0 saturated heterocycles. The molecule has 0 aromatic carbocycles. The molecule has 1 aliphatic rings. The van der Waals surface area contributed by atoms with E-state index in [1.54, 1.807) is 0 Å². The zero-order valence-corrected chi connectivity index (χ0v) is 7.80. The second-order valence-corrected chi connectivity index (χ2v) is 3.89. The molecule has 1 aliphatic carbocycles. The van der Waals surface area contributed by atoms with Crippen molar-refractivity contribution in [2.75, 3.05) is 0 Å². The molecule has 0 aromatic rings. The molecule has 0 heterocycles. The van der Waals surface area contributed by atoms with Crippen LogP contribution in [0.4, 0.5) is 0 Å². The Morgan fingerprint density at radius 2 is 1.70 bits per heavy atom. The van der Waals surface area contributed by atoms with E-state index in [0.717, 1.165) is 0 Å². The summed E-state index contributed by atoms with van der Waals surface area (Å²) in [5.74, 6) is 0. The second kappa shape index (κ2) is 4.31. The lowest BCUT2D eigenvalue weighted by molar-refractivity contribution is 1.77. The number of halogens is 1. The van der Waals surface area contributed by atoms with Crippen LogP contribution >= 0.6 is 11.1 Å². The van der Waals surface area contributed by atoms with Gasteiger partial charge in [0.05, 0.1) is 0 Å². The van der Waals surface area contributed by atoms with Crippen molar-refractivity contribution in [3.05, 3.63) is 47.7 Å². The Morgan fingerprint density at radius 1 is 1.00 bits per heavy atom. The van der Waals surface area contributed by atoms with Gasteiger partial charge in [-0.25, -0.2) is 0 Å². The van der Waals surface area contributed by atoms with E-state index in [1.165, 1.54) is 5.20 Å². The largest absolute Gasteiger partial charge is 0.170 e. The topological polar surface area (TPSA) is 0 Å². The molecule has 0 aliphatic heterocycles. The van der Waals surface area contributed by atoms with E-state index in [1.807, 2.05) is 30.4 Å². The summed E-state index contributed by atoms with van der Waals surface area (Å²) >= 11 is 5.77. The monoisotopic (exact) mass is 168 g/mol. The highest BCUT2D eigenvalue weighted by Crippen LogP contribution is 2.00. The van der Waals surface area contributed by atoms with Gasteiger partial charge in [0.1, 0.15) is 0 Å². The molecule has 0 saturated carbocycles. The average Bonchev–Trinajstić information content (AvgIpc) is 1.87. The van der Waals surface area contributed by atoms with Crippen LogP contribution in [-0.4, -0.2) is 8.83 Å². The van der Waals surface area contributed by atoms with E-state index in [-0.39, 0.29) is 0 Å². The maximum absolute atomic E-state index is 5.77. The van der Waals surface area contributed by atoms with E-state index in [9.17, 15) is 0 Å². The van der Waals surface area contributed by atoms with E-state index in [4.69, 9.17) is 11.1 Å². The maximum Gasteiger partial charge on any atom is 0.155 e. The van der Waals surface area contributed by atoms with Crippen LogP contribution in [0.1, 0.15) is 0 Å². The molecule has 0 fully saturated rings. The van der Waals surface area contributed by atoms with Crippen LogP contribution in [-0.2, 0) is 0 Å². The SMILES string of the molecule is Cl[SiH2]C1=CC=CC=CC=C1. The van der Waals surface area contributed by atoms with E-state index >= 15 is 0 Å². The Labute approximate surface area is 68.1 Å². The molecular weight excluding hydrogens is 160 g/mol. The molecule has 52 valence electrons. The van der Waals surface area contributed by atoms with Crippen molar-refractivity contribution in [2.24, 2.45) is 0 Å². The van der Waals surface area contributed by atoms with Crippen molar-refractivity contribution in [1.82, 2.24) is 0 Å². The third kappa shape index (κ3) is 2.37. The van der Waals surface area contributed by atoms with Crippen molar-refractivity contribution < 1.29 is 0 Å². The van der Waals surface area contributed by atoms with Gasteiger partial charge >= 0.3 is 0 Å². The van der Waals surface area contributed by atoms with E-state index in [2.05, 4.69) is 12.2 Å². The van der Waals surface area contributed by atoms with Crippen LogP contribution < -0.4 is 0 Å². The van der Waals surface area contributed by atoms with Gasteiger partial charge in [-0.3, -0.25) is 0 Å². The predicted octanol–water partition coefficient (Wildman–Crippen LogP) is 1.88. The first-order chi connectivity index (χ1) is 4.93. The van der Waals surface area contributed by atoms with Gasteiger partial charge in [-0.2, -0.15) is 11.1 Å². The molecule has 0 radical (unpaired) electrons. The van der Waals surface area contributed by atoms with Crippen LogP contribution in [0.3, 0.4) is 0 Å². The molecule has 0 unspecified atom stereocenters. The summed E-state index contributed by atoms with van der Waals surface area (Å²) in [5, 5.41) is 1.28. The summed E-state index contributed by atoms with van der Waals surface area (Å²) < 4.78 is 0. The lowest BCUT2D eigenvalue weighted by Gasteiger charge is -1.91. The van der Waals surface area contributed by atoms with Crippen LogP contribution in [0.15, 0.2) is 47.7 Å². The van der Waals surface area contributed by atoms with Gasteiger partial charge in [0.25, 0.3) is 0 Å². The highest BCUT2D eigenvalue weighted by atomic mass is 35.6. The second-order valence-electron chi connectivity index (χ2n) is 2.00. The normalized spacial score (nSPS) is 17.5. The van der Waals surface area contributed by atoms with Crippen molar-refractivity contribution in [1.29, 1.82) is 0 Å². The summed E-state index contributed by atoms with van der Waals surface area (Å²) in [6, 6.07) is 0. The Hall–Kier alpha value is -0.533. The summed E-state index contributed by atoms with van der Waals surface area (Å²) in [4.78, 5) is 0. The van der Waals surface area contributed by atoms with Gasteiger partial charge in [-0.15, -0.1) is 0 Å². The molecular formula is C8H9ClSi. The molecule has 1 rings (SSSR count). The summed E-state index contributed by atoms with van der Waals surface area (Å²) in [6.45, 7) is 0. The fourth-order valence-electron chi connectivity index (χ4n) is 0.695. The highest BCUT2D eigenvalue weighted by molar-refractivity contribution is 6.98. The molecule has 0 atom stereocenters. The molecule has 0 spiro atoms. The molecule has 0 nitrogen and oxygen atoms in total. The molecule has 10 heavy (non-hydrogen) atoms. The Balaban J connectivity index is 2.73. The average molecular weight is 169 g/mol. The van der Waals surface area contributed by atoms with Crippen LogP contribution in [0.5, 0.6) is 0 Å². The quantitative estimate of drug-likeness (QED) is 0.414. The summed E-state index contributed by atoms with van der Waals surface area (Å²) in [5.41, 5.74) is 0. The number of hydrogen-bond donors (Lipinski definition) is 0. The molecule has 0 N–H and O–H groups in total. The summed E-state index contributed by atoms with van der Waals surface area (Å²) in [7, 11) is -0.508. The highest BCUT2D eigenvalue weighted by Gasteiger charge is 1.86. The Bertz CT molecular complexity index is 211. The fraction of sp³-hybridized carbons (Fsp3) is 0. The number of hydrogen-bond acceptors (Lipinski definition) is 0.